The van der Waals surface area contributed by atoms with Gasteiger partial charge in [0.1, 0.15) is 5.41 Å². The van der Waals surface area contributed by atoms with Crippen LogP contribution in [0.25, 0.3) is 0 Å². The summed E-state index contributed by atoms with van der Waals surface area (Å²) in [7, 11) is 4.03. The smallest absolute Gasteiger partial charge is 0.313 e. The quantitative estimate of drug-likeness (QED) is 0.758. The highest BCUT2D eigenvalue weighted by Crippen LogP contribution is 2.36. The zero-order chi connectivity index (χ0) is 17.6. The molecule has 0 amide bonds. The van der Waals surface area contributed by atoms with Gasteiger partial charge in [-0.25, -0.2) is 0 Å². The topological polar surface area (TPSA) is 64.0 Å². The number of carboxylic acids is 1. The van der Waals surface area contributed by atoms with Crippen molar-refractivity contribution in [1.82, 2.24) is 9.80 Å². The van der Waals surface area contributed by atoms with Crippen molar-refractivity contribution in [2.24, 2.45) is 5.41 Å². The summed E-state index contributed by atoms with van der Waals surface area (Å²) in [6.45, 7) is 2.94. The highest BCUT2D eigenvalue weighted by Gasteiger charge is 2.48. The van der Waals surface area contributed by atoms with E-state index in [2.05, 4.69) is 21.9 Å². The molecule has 0 spiro atoms. The van der Waals surface area contributed by atoms with Gasteiger partial charge in [0.25, 0.3) is 0 Å². The van der Waals surface area contributed by atoms with Crippen molar-refractivity contribution in [3.8, 4) is 0 Å². The van der Waals surface area contributed by atoms with Crippen LogP contribution in [0.5, 0.6) is 0 Å². The molecule has 1 saturated heterocycles. The van der Waals surface area contributed by atoms with Gasteiger partial charge in [-0.05, 0) is 45.3 Å². The number of aliphatic hydroxyl groups excluding tert-OH is 1. The van der Waals surface area contributed by atoms with E-state index in [1.165, 1.54) is 5.56 Å². The van der Waals surface area contributed by atoms with E-state index in [0.717, 1.165) is 32.5 Å². The zero-order valence-corrected chi connectivity index (χ0v) is 14.8. The van der Waals surface area contributed by atoms with Crippen molar-refractivity contribution in [3.63, 3.8) is 0 Å². The van der Waals surface area contributed by atoms with Gasteiger partial charge in [-0.3, -0.25) is 4.79 Å². The van der Waals surface area contributed by atoms with Crippen LogP contribution < -0.4 is 0 Å². The van der Waals surface area contributed by atoms with Crippen molar-refractivity contribution >= 4 is 5.97 Å². The number of carbonyl (C=O) groups is 1. The van der Waals surface area contributed by atoms with Gasteiger partial charge in [-0.15, -0.1) is 0 Å². The molecule has 24 heavy (non-hydrogen) atoms. The third kappa shape index (κ3) is 4.79. The molecule has 0 aliphatic carbocycles. The van der Waals surface area contributed by atoms with E-state index in [-0.39, 0.29) is 0 Å². The van der Waals surface area contributed by atoms with Gasteiger partial charge in [-0.2, -0.15) is 0 Å². The lowest BCUT2D eigenvalue weighted by Gasteiger charge is -2.43. The van der Waals surface area contributed by atoms with Gasteiger partial charge in [0, 0.05) is 26.2 Å². The summed E-state index contributed by atoms with van der Waals surface area (Å²) in [5.74, 6) is -0.863. The Morgan fingerprint density at radius 2 is 2.04 bits per heavy atom. The highest BCUT2D eigenvalue weighted by atomic mass is 16.4. The van der Waals surface area contributed by atoms with Crippen LogP contribution in [-0.2, 0) is 11.2 Å². The van der Waals surface area contributed by atoms with Crippen LogP contribution in [0, 0.1) is 5.41 Å². The van der Waals surface area contributed by atoms with E-state index < -0.39 is 17.5 Å². The number of likely N-dealkylation sites (tertiary alicyclic amines) is 1. The minimum absolute atomic E-state index is 0.437. The molecular weight excluding hydrogens is 304 g/mol. The van der Waals surface area contributed by atoms with Gasteiger partial charge in [0.05, 0.1) is 6.10 Å². The molecule has 5 heteroatoms. The summed E-state index contributed by atoms with van der Waals surface area (Å²) < 4.78 is 0. The van der Waals surface area contributed by atoms with Crippen molar-refractivity contribution in [1.29, 1.82) is 0 Å². The first-order chi connectivity index (χ1) is 11.4. The Kier molecular flexibility index (Phi) is 6.78. The predicted octanol–water partition coefficient (Wildman–Crippen LogP) is 1.71. The molecule has 0 radical (unpaired) electrons. The van der Waals surface area contributed by atoms with Crippen LogP contribution in [0.3, 0.4) is 0 Å². The first kappa shape index (κ1) is 18.9. The Hall–Kier alpha value is -1.43. The summed E-state index contributed by atoms with van der Waals surface area (Å²) in [6.07, 6.45) is 1.90. The number of nitrogens with zero attached hydrogens (tertiary/aromatic N) is 2. The molecule has 134 valence electrons. The number of aliphatic hydroxyl groups is 1. The molecule has 2 atom stereocenters. The minimum Gasteiger partial charge on any atom is -0.481 e. The zero-order valence-electron chi connectivity index (χ0n) is 14.8. The second kappa shape index (κ2) is 8.60. The van der Waals surface area contributed by atoms with E-state index in [0.29, 0.717) is 19.4 Å². The number of hydrogen-bond donors (Lipinski definition) is 2. The molecule has 0 bridgehead atoms. The standard InChI is InChI=1S/C19H30N2O3/c1-20(2)13-14-21-12-10-17(22)19(15-21,18(23)24)11-6-9-16-7-4-3-5-8-16/h3-5,7-8,17,22H,6,9-15H2,1-2H3,(H,23,24)/t17-,19-/m1/s1. The fourth-order valence-electron chi connectivity index (χ4n) is 3.51. The fourth-order valence-corrected chi connectivity index (χ4v) is 3.51. The molecule has 0 saturated carbocycles. The number of rotatable bonds is 8. The van der Waals surface area contributed by atoms with Gasteiger partial charge < -0.3 is 20.0 Å². The van der Waals surface area contributed by atoms with E-state index in [9.17, 15) is 15.0 Å². The molecule has 2 N–H and O–H groups in total. The highest BCUT2D eigenvalue weighted by molar-refractivity contribution is 5.76. The average Bonchev–Trinajstić information content (AvgIpc) is 2.56. The molecule has 1 fully saturated rings. The number of hydrogen-bond acceptors (Lipinski definition) is 4. The summed E-state index contributed by atoms with van der Waals surface area (Å²) in [5.41, 5.74) is 0.173. The number of carboxylic acid groups (broad SMARTS) is 1. The van der Waals surface area contributed by atoms with Gasteiger partial charge >= 0.3 is 5.97 Å². The Balaban J connectivity index is 1.99. The second-order valence-corrected chi connectivity index (χ2v) is 7.18. The number of likely N-dealkylation sites (N-methyl/N-ethyl adjacent to an activating group) is 1. The van der Waals surface area contributed by atoms with Gasteiger partial charge in [0.2, 0.25) is 0 Å². The summed E-state index contributed by atoms with van der Waals surface area (Å²) in [4.78, 5) is 16.3. The predicted molar refractivity (Wildman–Crippen MR) is 95.1 cm³/mol. The van der Waals surface area contributed by atoms with Crippen LogP contribution in [-0.4, -0.2) is 72.4 Å². The molecule has 1 aromatic carbocycles. The lowest BCUT2D eigenvalue weighted by Crippen LogP contribution is -2.56. The lowest BCUT2D eigenvalue weighted by molar-refractivity contribution is -0.164. The van der Waals surface area contributed by atoms with Crippen LogP contribution in [0.1, 0.15) is 24.8 Å². The third-order valence-corrected chi connectivity index (χ3v) is 5.08. The van der Waals surface area contributed by atoms with Crippen LogP contribution in [0.4, 0.5) is 0 Å². The summed E-state index contributed by atoms with van der Waals surface area (Å²) in [6, 6.07) is 10.1. The lowest BCUT2D eigenvalue weighted by atomic mass is 9.73. The Morgan fingerprint density at radius 3 is 2.67 bits per heavy atom. The monoisotopic (exact) mass is 334 g/mol. The van der Waals surface area contributed by atoms with Gasteiger partial charge in [-0.1, -0.05) is 30.3 Å². The Morgan fingerprint density at radius 1 is 1.33 bits per heavy atom. The van der Waals surface area contributed by atoms with Crippen LogP contribution >= 0.6 is 0 Å². The Bertz CT molecular complexity index is 521. The molecule has 2 rings (SSSR count). The number of aliphatic carboxylic acids is 1. The van der Waals surface area contributed by atoms with E-state index >= 15 is 0 Å². The van der Waals surface area contributed by atoms with Crippen molar-refractivity contribution in [3.05, 3.63) is 35.9 Å². The fraction of sp³-hybridized carbons (Fsp3) is 0.632. The maximum absolute atomic E-state index is 12.0. The summed E-state index contributed by atoms with van der Waals surface area (Å²) in [5, 5.41) is 20.3. The number of piperidine rings is 1. The molecule has 1 aliphatic heterocycles. The molecule has 0 unspecified atom stereocenters. The molecule has 0 aromatic heterocycles. The maximum atomic E-state index is 12.0. The summed E-state index contributed by atoms with van der Waals surface area (Å²) >= 11 is 0. The van der Waals surface area contributed by atoms with Gasteiger partial charge in [0.15, 0.2) is 0 Å². The molecule has 1 heterocycles. The van der Waals surface area contributed by atoms with E-state index in [4.69, 9.17) is 0 Å². The van der Waals surface area contributed by atoms with Crippen LogP contribution in [0.2, 0.25) is 0 Å². The SMILES string of the molecule is CN(C)CCN1CC[C@@H](O)[C@](CCCc2ccccc2)(C(=O)O)C1. The molecule has 5 nitrogen and oxygen atoms in total. The average molecular weight is 334 g/mol. The first-order valence-corrected chi connectivity index (χ1v) is 8.76. The third-order valence-electron chi connectivity index (χ3n) is 5.08. The minimum atomic E-state index is -1.04. The number of aryl methyl sites for hydroxylation is 1. The Labute approximate surface area is 144 Å². The van der Waals surface area contributed by atoms with Crippen molar-refractivity contribution in [2.75, 3.05) is 40.3 Å². The maximum Gasteiger partial charge on any atom is 0.313 e. The normalized spacial score (nSPS) is 25.1. The van der Waals surface area contributed by atoms with E-state index in [1.807, 2.05) is 32.3 Å². The molecule has 1 aromatic rings. The first-order valence-electron chi connectivity index (χ1n) is 8.76. The number of benzene rings is 1. The van der Waals surface area contributed by atoms with Crippen molar-refractivity contribution < 1.29 is 15.0 Å². The molecule has 1 aliphatic rings. The van der Waals surface area contributed by atoms with Crippen LogP contribution in [0.15, 0.2) is 30.3 Å². The van der Waals surface area contributed by atoms with E-state index in [1.54, 1.807) is 0 Å². The molecular formula is C19H30N2O3. The second-order valence-electron chi connectivity index (χ2n) is 7.18. The van der Waals surface area contributed by atoms with Crippen molar-refractivity contribution in [2.45, 2.75) is 31.8 Å². The largest absolute Gasteiger partial charge is 0.481 e.